The van der Waals surface area contributed by atoms with Crippen LogP contribution in [0.1, 0.15) is 36.0 Å². The number of hydrogen-bond donors (Lipinski definition) is 2. The van der Waals surface area contributed by atoms with Gasteiger partial charge < -0.3 is 15.4 Å². The van der Waals surface area contributed by atoms with E-state index in [0.29, 0.717) is 12.6 Å². The van der Waals surface area contributed by atoms with Crippen molar-refractivity contribution in [2.75, 3.05) is 32.8 Å². The molecule has 6 nitrogen and oxygen atoms in total. The van der Waals surface area contributed by atoms with Crippen molar-refractivity contribution >= 4 is 41.3 Å². The molecule has 1 aliphatic heterocycles. The number of rotatable bonds is 7. The van der Waals surface area contributed by atoms with E-state index in [2.05, 4.69) is 64.9 Å². The van der Waals surface area contributed by atoms with Crippen LogP contribution in [0.5, 0.6) is 0 Å². The standard InChI is InChI=1S/C21H31N5OS.HI/c1-4-22-21(24-13-18-16(2)7-5-9-23-18)25-14-19(20-8-6-12-28-20)26-10-11-27-17(3)15-26;/h5-9,12,17,19H,4,10-11,13-15H2,1-3H3,(H2,22,24,25);1H. The zero-order valence-electron chi connectivity index (χ0n) is 17.4. The Hall–Kier alpha value is -1.23. The van der Waals surface area contributed by atoms with Gasteiger partial charge in [0.2, 0.25) is 0 Å². The molecule has 0 aromatic carbocycles. The monoisotopic (exact) mass is 529 g/mol. The summed E-state index contributed by atoms with van der Waals surface area (Å²) in [6.45, 7) is 11.2. The first-order valence-electron chi connectivity index (χ1n) is 9.99. The van der Waals surface area contributed by atoms with Gasteiger partial charge in [0.05, 0.1) is 31.0 Å². The highest BCUT2D eigenvalue weighted by Crippen LogP contribution is 2.26. The van der Waals surface area contributed by atoms with Crippen molar-refractivity contribution in [3.05, 3.63) is 52.0 Å². The zero-order valence-corrected chi connectivity index (χ0v) is 20.6. The number of morpholine rings is 1. The molecular weight excluding hydrogens is 497 g/mol. The van der Waals surface area contributed by atoms with Crippen molar-refractivity contribution in [3.8, 4) is 0 Å². The minimum Gasteiger partial charge on any atom is -0.376 e. The minimum atomic E-state index is 0. The lowest BCUT2D eigenvalue weighted by Gasteiger charge is -2.37. The number of aromatic nitrogens is 1. The second-order valence-corrected chi connectivity index (χ2v) is 8.03. The smallest absolute Gasteiger partial charge is 0.191 e. The molecule has 8 heteroatoms. The van der Waals surface area contributed by atoms with Crippen molar-refractivity contribution in [1.29, 1.82) is 0 Å². The maximum atomic E-state index is 5.74. The van der Waals surface area contributed by atoms with Gasteiger partial charge in [-0.3, -0.25) is 9.88 Å². The van der Waals surface area contributed by atoms with E-state index < -0.39 is 0 Å². The van der Waals surface area contributed by atoms with Gasteiger partial charge in [-0.1, -0.05) is 12.1 Å². The number of nitrogens with one attached hydrogen (secondary N) is 2. The molecule has 1 aliphatic rings. The Bertz CT molecular complexity index is 755. The number of pyridine rings is 1. The quantitative estimate of drug-likeness (QED) is 0.326. The Morgan fingerprint density at radius 2 is 2.24 bits per heavy atom. The summed E-state index contributed by atoms with van der Waals surface area (Å²) >= 11 is 1.81. The van der Waals surface area contributed by atoms with E-state index in [-0.39, 0.29) is 30.1 Å². The summed E-state index contributed by atoms with van der Waals surface area (Å²) in [6, 6.07) is 8.69. The Morgan fingerprint density at radius 3 is 2.93 bits per heavy atom. The van der Waals surface area contributed by atoms with Gasteiger partial charge in [0.15, 0.2) is 5.96 Å². The maximum Gasteiger partial charge on any atom is 0.191 e. The molecule has 0 aliphatic carbocycles. The number of hydrogen-bond acceptors (Lipinski definition) is 5. The Balaban J connectivity index is 0.00000300. The highest BCUT2D eigenvalue weighted by Gasteiger charge is 2.26. The topological polar surface area (TPSA) is 61.8 Å². The summed E-state index contributed by atoms with van der Waals surface area (Å²) < 4.78 is 5.74. The van der Waals surface area contributed by atoms with Crippen LogP contribution in [0.4, 0.5) is 0 Å². The van der Waals surface area contributed by atoms with Crippen LogP contribution in [0, 0.1) is 6.92 Å². The molecule has 0 spiro atoms. The molecule has 0 radical (unpaired) electrons. The fourth-order valence-corrected chi connectivity index (χ4v) is 4.25. The van der Waals surface area contributed by atoms with Crippen LogP contribution in [0.25, 0.3) is 0 Å². The van der Waals surface area contributed by atoms with Crippen LogP contribution < -0.4 is 10.6 Å². The molecular formula is C21H32IN5OS. The normalized spacial score (nSPS) is 18.7. The SMILES string of the molecule is CCNC(=NCc1ncccc1C)NCC(c1cccs1)N1CCOC(C)C1.I. The molecule has 2 unspecified atom stereocenters. The number of nitrogens with zero attached hydrogens (tertiary/aromatic N) is 3. The highest BCUT2D eigenvalue weighted by atomic mass is 127. The summed E-state index contributed by atoms with van der Waals surface area (Å²) in [5.41, 5.74) is 2.18. The van der Waals surface area contributed by atoms with Gasteiger partial charge in [-0.15, -0.1) is 35.3 Å². The molecule has 3 heterocycles. The van der Waals surface area contributed by atoms with Crippen LogP contribution in [0.2, 0.25) is 0 Å². The molecule has 3 rings (SSSR count). The van der Waals surface area contributed by atoms with Crippen molar-refractivity contribution in [3.63, 3.8) is 0 Å². The molecule has 160 valence electrons. The largest absolute Gasteiger partial charge is 0.376 e. The number of thiophene rings is 1. The number of ether oxygens (including phenoxy) is 1. The van der Waals surface area contributed by atoms with E-state index in [4.69, 9.17) is 9.73 Å². The summed E-state index contributed by atoms with van der Waals surface area (Å²) in [4.78, 5) is 13.1. The molecule has 0 saturated carbocycles. The van der Waals surface area contributed by atoms with E-state index in [1.165, 1.54) is 10.4 Å². The maximum absolute atomic E-state index is 5.74. The zero-order chi connectivity index (χ0) is 19.8. The van der Waals surface area contributed by atoms with E-state index in [0.717, 1.165) is 44.4 Å². The van der Waals surface area contributed by atoms with E-state index in [1.807, 2.05) is 23.6 Å². The molecule has 1 saturated heterocycles. The summed E-state index contributed by atoms with van der Waals surface area (Å²) in [6.07, 6.45) is 2.09. The number of guanidine groups is 1. The first kappa shape index (κ1) is 24.0. The number of aryl methyl sites for hydroxylation is 1. The van der Waals surface area contributed by atoms with E-state index in [9.17, 15) is 0 Å². The van der Waals surface area contributed by atoms with Crippen LogP contribution >= 0.6 is 35.3 Å². The third-order valence-corrected chi connectivity index (χ3v) is 5.87. The van der Waals surface area contributed by atoms with Crippen LogP contribution in [-0.4, -0.2) is 54.7 Å². The molecule has 0 bridgehead atoms. The lowest BCUT2D eigenvalue weighted by molar-refractivity contribution is -0.0334. The van der Waals surface area contributed by atoms with E-state index >= 15 is 0 Å². The average molecular weight is 529 g/mol. The third-order valence-electron chi connectivity index (χ3n) is 4.90. The highest BCUT2D eigenvalue weighted by molar-refractivity contribution is 14.0. The van der Waals surface area contributed by atoms with Gasteiger partial charge in [0.25, 0.3) is 0 Å². The summed E-state index contributed by atoms with van der Waals surface area (Å²) in [5.74, 6) is 0.829. The molecule has 2 aromatic rings. The number of halogens is 1. The lowest BCUT2D eigenvalue weighted by Crippen LogP contribution is -2.48. The Labute approximate surface area is 195 Å². The van der Waals surface area contributed by atoms with Crippen molar-refractivity contribution in [2.24, 2.45) is 4.99 Å². The average Bonchev–Trinajstić information content (AvgIpc) is 3.22. The lowest BCUT2D eigenvalue weighted by atomic mass is 10.1. The van der Waals surface area contributed by atoms with Gasteiger partial charge >= 0.3 is 0 Å². The molecule has 2 N–H and O–H groups in total. The van der Waals surface area contributed by atoms with Gasteiger partial charge in [-0.2, -0.15) is 0 Å². The predicted molar refractivity (Wildman–Crippen MR) is 131 cm³/mol. The van der Waals surface area contributed by atoms with Crippen LogP contribution in [0.15, 0.2) is 40.8 Å². The first-order valence-corrected chi connectivity index (χ1v) is 10.9. The van der Waals surface area contributed by atoms with Crippen molar-refractivity contribution in [2.45, 2.75) is 39.5 Å². The third kappa shape index (κ3) is 7.20. The van der Waals surface area contributed by atoms with Crippen LogP contribution in [-0.2, 0) is 11.3 Å². The fraction of sp³-hybridized carbons (Fsp3) is 0.524. The predicted octanol–water partition coefficient (Wildman–Crippen LogP) is 3.59. The molecule has 29 heavy (non-hydrogen) atoms. The Morgan fingerprint density at radius 1 is 1.38 bits per heavy atom. The summed E-state index contributed by atoms with van der Waals surface area (Å²) in [5, 5.41) is 9.05. The van der Waals surface area contributed by atoms with Crippen molar-refractivity contribution < 1.29 is 4.74 Å². The second kappa shape index (κ2) is 12.5. The molecule has 0 amide bonds. The molecule has 1 fully saturated rings. The van der Waals surface area contributed by atoms with E-state index in [1.54, 1.807) is 0 Å². The van der Waals surface area contributed by atoms with Gasteiger partial charge in [0, 0.05) is 37.3 Å². The first-order chi connectivity index (χ1) is 13.7. The van der Waals surface area contributed by atoms with Gasteiger partial charge in [-0.25, -0.2) is 4.99 Å². The Kier molecular flexibility index (Phi) is 10.3. The van der Waals surface area contributed by atoms with Gasteiger partial charge in [-0.05, 0) is 43.8 Å². The van der Waals surface area contributed by atoms with Gasteiger partial charge in [0.1, 0.15) is 0 Å². The molecule has 2 aromatic heterocycles. The summed E-state index contributed by atoms with van der Waals surface area (Å²) in [7, 11) is 0. The molecule has 2 atom stereocenters. The number of aliphatic imine (C=N–C) groups is 1. The fourth-order valence-electron chi connectivity index (χ4n) is 3.39. The minimum absolute atomic E-state index is 0. The van der Waals surface area contributed by atoms with Crippen LogP contribution in [0.3, 0.4) is 0 Å². The van der Waals surface area contributed by atoms with Crippen molar-refractivity contribution in [1.82, 2.24) is 20.5 Å². The second-order valence-electron chi connectivity index (χ2n) is 7.05.